The van der Waals surface area contributed by atoms with Crippen LogP contribution in [0.25, 0.3) is 27.8 Å². The molecular weight excluding hydrogens is 484 g/mol. The molecule has 11 nitrogen and oxygen atoms in total. The second-order valence-electron chi connectivity index (χ2n) is 9.82. The first-order valence-corrected chi connectivity index (χ1v) is 13.0. The van der Waals surface area contributed by atoms with Crippen LogP contribution < -0.4 is 4.90 Å². The molecule has 0 N–H and O–H groups in total. The van der Waals surface area contributed by atoms with E-state index in [-0.39, 0.29) is 6.23 Å². The number of hydrogen-bond donors (Lipinski definition) is 0. The Morgan fingerprint density at radius 1 is 1.05 bits per heavy atom. The zero-order valence-corrected chi connectivity index (χ0v) is 20.9. The van der Waals surface area contributed by atoms with Crippen LogP contribution in [-0.2, 0) is 16.0 Å². The van der Waals surface area contributed by atoms with Gasteiger partial charge in [0.2, 0.25) is 0 Å². The van der Waals surface area contributed by atoms with Crippen LogP contribution in [0, 0.1) is 0 Å². The number of rotatable bonds is 6. The lowest BCUT2D eigenvalue weighted by molar-refractivity contribution is -0.0366. The molecule has 0 radical (unpaired) electrons. The van der Waals surface area contributed by atoms with E-state index in [1.807, 2.05) is 33.7 Å². The third-order valence-corrected chi connectivity index (χ3v) is 7.30. The fourth-order valence-electron chi connectivity index (χ4n) is 5.37. The topological polar surface area (TPSA) is 105 Å². The van der Waals surface area contributed by atoms with Crippen LogP contribution >= 0.6 is 0 Å². The van der Waals surface area contributed by atoms with E-state index in [0.29, 0.717) is 25.3 Å². The first-order valence-electron chi connectivity index (χ1n) is 13.0. The molecule has 11 heteroatoms. The Balaban J connectivity index is 1.25. The summed E-state index contributed by atoms with van der Waals surface area (Å²) in [4.78, 5) is 18.1. The van der Waals surface area contributed by atoms with Crippen molar-refractivity contribution in [3.63, 3.8) is 0 Å². The van der Waals surface area contributed by atoms with Gasteiger partial charge in [-0.25, -0.2) is 14.3 Å². The molecule has 0 spiro atoms. The van der Waals surface area contributed by atoms with Crippen LogP contribution in [0.1, 0.15) is 41.5 Å². The van der Waals surface area contributed by atoms with Crippen LogP contribution in [0.3, 0.4) is 0 Å². The summed E-state index contributed by atoms with van der Waals surface area (Å²) < 4.78 is 17.3. The minimum Gasteiger partial charge on any atom is -0.378 e. The van der Waals surface area contributed by atoms with Gasteiger partial charge in [-0.15, -0.1) is 5.10 Å². The maximum atomic E-state index is 11.1. The van der Waals surface area contributed by atoms with Gasteiger partial charge in [-0.05, 0) is 43.5 Å². The first-order chi connectivity index (χ1) is 18.7. The number of ether oxygens (including phenoxy) is 2. The van der Waals surface area contributed by atoms with Gasteiger partial charge in [0.15, 0.2) is 12.5 Å². The summed E-state index contributed by atoms with van der Waals surface area (Å²) in [5, 5.41) is 14.7. The Kier molecular flexibility index (Phi) is 5.86. The van der Waals surface area contributed by atoms with Gasteiger partial charge in [0, 0.05) is 54.3 Å². The number of carbonyl (C=O) groups excluding carboxylic acids is 1. The van der Waals surface area contributed by atoms with Crippen molar-refractivity contribution in [3.05, 3.63) is 60.3 Å². The quantitative estimate of drug-likeness (QED) is 0.319. The highest BCUT2D eigenvalue weighted by Gasteiger charge is 2.23. The van der Waals surface area contributed by atoms with Crippen LogP contribution in [-0.4, -0.2) is 73.4 Å². The predicted molar refractivity (Wildman–Crippen MR) is 140 cm³/mol. The Morgan fingerprint density at radius 2 is 1.97 bits per heavy atom. The van der Waals surface area contributed by atoms with Gasteiger partial charge >= 0.3 is 0 Å². The minimum absolute atomic E-state index is 0.0560. The van der Waals surface area contributed by atoms with Crippen molar-refractivity contribution in [2.75, 3.05) is 37.8 Å². The van der Waals surface area contributed by atoms with Crippen molar-refractivity contribution in [2.24, 2.45) is 0 Å². The number of pyridine rings is 1. The molecule has 2 saturated heterocycles. The Bertz CT molecular complexity index is 1610. The Morgan fingerprint density at radius 3 is 2.82 bits per heavy atom. The molecule has 7 rings (SSSR count). The van der Waals surface area contributed by atoms with Gasteiger partial charge in [-0.2, -0.15) is 5.10 Å². The molecule has 6 heterocycles. The number of imidazole rings is 1. The number of benzene rings is 1. The van der Waals surface area contributed by atoms with Crippen LogP contribution in [0.4, 0.5) is 5.69 Å². The molecule has 5 aromatic rings. The number of nitrogens with zero attached hydrogens (tertiary/aromatic N) is 8. The van der Waals surface area contributed by atoms with E-state index in [1.165, 1.54) is 0 Å². The molecule has 0 amide bonds. The number of fused-ring (bicyclic) bond motifs is 2. The molecule has 2 aliphatic rings. The molecule has 2 aliphatic heterocycles. The highest BCUT2D eigenvalue weighted by atomic mass is 16.5. The molecule has 2 fully saturated rings. The van der Waals surface area contributed by atoms with Crippen molar-refractivity contribution in [1.82, 2.24) is 34.2 Å². The van der Waals surface area contributed by atoms with Gasteiger partial charge in [0.05, 0.1) is 43.4 Å². The van der Waals surface area contributed by atoms with Gasteiger partial charge < -0.3 is 18.8 Å². The minimum atomic E-state index is -0.0560. The second kappa shape index (κ2) is 9.66. The van der Waals surface area contributed by atoms with Crippen molar-refractivity contribution in [3.8, 4) is 11.3 Å². The van der Waals surface area contributed by atoms with Crippen LogP contribution in [0.15, 0.2) is 49.1 Å². The van der Waals surface area contributed by atoms with E-state index in [4.69, 9.17) is 14.6 Å². The molecule has 194 valence electrons. The average molecular weight is 513 g/mol. The Hall–Kier alpha value is -4.09. The highest BCUT2D eigenvalue weighted by molar-refractivity contribution is 5.96. The Labute approximate surface area is 218 Å². The maximum absolute atomic E-state index is 11.1. The van der Waals surface area contributed by atoms with Gasteiger partial charge in [-0.1, -0.05) is 5.21 Å². The standard InChI is InChI=1S/C27H28N8O3/c36-18-19-4-5-26-29-20(15-33(26)14-19)16-34-17-24(30-31-34)22-11-21(32-6-9-37-10-7-32)12-25-23(22)13-28-35(25)27-3-1-2-8-38-27/h4-5,11-15,17-18,27H,1-3,6-10,16H2. The summed E-state index contributed by atoms with van der Waals surface area (Å²) in [7, 11) is 0. The molecule has 4 aromatic heterocycles. The SMILES string of the molecule is O=Cc1ccc2nc(Cn3cc(-c4cc(N5CCOCC5)cc5c4cnn5C4CCCCO4)nn3)cn2c1. The number of morpholine rings is 1. The molecule has 0 aliphatic carbocycles. The lowest BCUT2D eigenvalue weighted by atomic mass is 10.1. The number of aromatic nitrogens is 7. The third-order valence-electron chi connectivity index (χ3n) is 7.30. The molecule has 1 atom stereocenters. The molecule has 0 bridgehead atoms. The van der Waals surface area contributed by atoms with Crippen molar-refractivity contribution in [1.29, 1.82) is 0 Å². The molecule has 1 aromatic carbocycles. The first kappa shape index (κ1) is 23.1. The number of aldehydes is 1. The average Bonchev–Trinajstić information content (AvgIpc) is 3.71. The van der Waals surface area contributed by atoms with E-state index < -0.39 is 0 Å². The third kappa shape index (κ3) is 4.23. The monoisotopic (exact) mass is 512 g/mol. The maximum Gasteiger partial charge on any atom is 0.151 e. The highest BCUT2D eigenvalue weighted by Crippen LogP contribution is 2.35. The van der Waals surface area contributed by atoms with E-state index in [1.54, 1.807) is 16.9 Å². The summed E-state index contributed by atoms with van der Waals surface area (Å²) in [6, 6.07) is 7.99. The van der Waals surface area contributed by atoms with Crippen LogP contribution in [0.2, 0.25) is 0 Å². The largest absolute Gasteiger partial charge is 0.378 e. The van der Waals surface area contributed by atoms with Gasteiger partial charge in [-0.3, -0.25) is 4.79 Å². The van der Waals surface area contributed by atoms with Crippen molar-refractivity contribution in [2.45, 2.75) is 32.0 Å². The fourth-order valence-corrected chi connectivity index (χ4v) is 5.37. The zero-order valence-electron chi connectivity index (χ0n) is 20.9. The summed E-state index contributed by atoms with van der Waals surface area (Å²) in [6.07, 6.45) is 11.5. The molecule has 38 heavy (non-hydrogen) atoms. The lowest BCUT2D eigenvalue weighted by Crippen LogP contribution is -2.36. The number of hydrogen-bond acceptors (Lipinski definition) is 8. The van der Waals surface area contributed by atoms with E-state index >= 15 is 0 Å². The number of carbonyl (C=O) groups is 1. The summed E-state index contributed by atoms with van der Waals surface area (Å²) in [5.74, 6) is 0. The number of anilines is 1. The smallest absolute Gasteiger partial charge is 0.151 e. The van der Waals surface area contributed by atoms with Crippen molar-refractivity contribution < 1.29 is 14.3 Å². The summed E-state index contributed by atoms with van der Waals surface area (Å²) in [5.41, 5.74) is 6.14. The predicted octanol–water partition coefficient (Wildman–Crippen LogP) is 3.34. The van der Waals surface area contributed by atoms with E-state index in [0.717, 1.165) is 84.4 Å². The fraction of sp³-hybridized carbons (Fsp3) is 0.370. The van der Waals surface area contributed by atoms with Crippen LogP contribution in [0.5, 0.6) is 0 Å². The normalized spacial score (nSPS) is 18.4. The zero-order chi connectivity index (χ0) is 25.5. The summed E-state index contributed by atoms with van der Waals surface area (Å²) in [6.45, 7) is 4.32. The van der Waals surface area contributed by atoms with Crippen molar-refractivity contribution >= 4 is 28.5 Å². The van der Waals surface area contributed by atoms with E-state index in [9.17, 15) is 4.79 Å². The molecule has 0 saturated carbocycles. The molecular formula is C27H28N8O3. The van der Waals surface area contributed by atoms with E-state index in [2.05, 4.69) is 32.3 Å². The molecule has 1 unspecified atom stereocenters. The summed E-state index contributed by atoms with van der Waals surface area (Å²) >= 11 is 0. The van der Waals surface area contributed by atoms with Gasteiger partial charge in [0.1, 0.15) is 11.3 Å². The lowest BCUT2D eigenvalue weighted by Gasteiger charge is -2.29. The second-order valence-corrected chi connectivity index (χ2v) is 9.82. The van der Waals surface area contributed by atoms with Gasteiger partial charge in [0.25, 0.3) is 0 Å².